The van der Waals surface area contributed by atoms with Gasteiger partial charge in [-0.2, -0.15) is 0 Å². The van der Waals surface area contributed by atoms with Gasteiger partial charge in [0.15, 0.2) is 11.5 Å². The van der Waals surface area contributed by atoms with Crippen LogP contribution in [0.1, 0.15) is 74.7 Å². The topological polar surface area (TPSA) is 498 Å². The number of carbonyl (C=O) groups is 7. The van der Waals surface area contributed by atoms with E-state index in [0.29, 0.717) is 21.5 Å². The number of benzene rings is 3. The van der Waals surface area contributed by atoms with Gasteiger partial charge in [0.1, 0.15) is 46.3 Å². The minimum atomic E-state index is -4.75. The van der Waals surface area contributed by atoms with Crippen molar-refractivity contribution in [1.82, 2.24) is 51.9 Å². The summed E-state index contributed by atoms with van der Waals surface area (Å²) in [7, 11) is 1.69. The quantitative estimate of drug-likeness (QED) is 0.0320. The molecule has 99 heavy (non-hydrogen) atoms. The number of unbranched alkanes of at least 4 members (excludes halogenated alkanes) is 1. The van der Waals surface area contributed by atoms with Gasteiger partial charge in [-0.05, 0) is 106 Å². The van der Waals surface area contributed by atoms with Crippen molar-refractivity contribution in [1.29, 1.82) is 0 Å². The summed E-state index contributed by atoms with van der Waals surface area (Å²) in [5, 5.41) is 124. The molecule has 4 aromatic rings. The van der Waals surface area contributed by atoms with Gasteiger partial charge in [-0.25, -0.2) is 0 Å². The molecule has 13 atom stereocenters. The Hall–Kier alpha value is -7.30. The molecule has 4 fully saturated rings. The van der Waals surface area contributed by atoms with Crippen LogP contribution in [-0.2, 0) is 44.7 Å². The second kappa shape index (κ2) is 35.8. The minimum Gasteiger partial charge on any atom is -0.504 e. The average molecular weight is 1430 g/mol. The van der Waals surface area contributed by atoms with Crippen molar-refractivity contribution in [3.05, 3.63) is 77.9 Å². The molecule has 4 aliphatic heterocycles. The van der Waals surface area contributed by atoms with Gasteiger partial charge in [0.05, 0.1) is 55.9 Å². The third-order valence-corrected chi connectivity index (χ3v) is 19.3. The highest BCUT2D eigenvalue weighted by Crippen LogP contribution is 2.41. The van der Waals surface area contributed by atoms with Gasteiger partial charge in [0, 0.05) is 107 Å². The molecule has 0 radical (unpaired) electrons. The number of hydrogen-bond donors (Lipinski definition) is 18. The Kier molecular flexibility index (Phi) is 28.0. The highest BCUT2D eigenvalue weighted by Gasteiger charge is 2.50. The fraction of sp³-hybridized carbons (Fsp3) is 0.578. The Bertz CT molecular complexity index is 3360. The molecule has 33 nitrogen and oxygen atoms in total. The van der Waals surface area contributed by atoms with E-state index in [1.165, 1.54) is 36.5 Å². The predicted octanol–water partition coefficient (Wildman–Crippen LogP) is -1.96. The van der Waals surface area contributed by atoms with Gasteiger partial charge >= 0.3 is 0 Å². The molecule has 5 heterocycles. The number of hydrogen-bond acceptors (Lipinski definition) is 27. The molecule has 1 unspecified atom stereocenters. The number of aromatic nitrogens is 2. The van der Waals surface area contributed by atoms with Gasteiger partial charge in [-0.1, -0.05) is 36.5 Å². The summed E-state index contributed by atoms with van der Waals surface area (Å²) < 4.78 is 44.4. The van der Waals surface area contributed by atoms with Crippen molar-refractivity contribution >= 4 is 69.5 Å². The summed E-state index contributed by atoms with van der Waals surface area (Å²) >= 11 is -3.43. The number of carbonyl (C=O) groups excluding carboxylic acids is 7. The van der Waals surface area contributed by atoms with Crippen LogP contribution < -0.4 is 41.0 Å². The molecular weight excluding hydrogens is 1340 g/mol. The van der Waals surface area contributed by atoms with E-state index in [-0.39, 0.29) is 24.2 Å². The molecule has 7 amide bonds. The number of aromatic hydroxyl groups is 1. The van der Waals surface area contributed by atoms with E-state index in [1.54, 1.807) is 19.2 Å². The number of anilines is 1. The lowest BCUT2D eigenvalue weighted by atomic mass is 9.97. The molecule has 35 heteroatoms. The van der Waals surface area contributed by atoms with Gasteiger partial charge < -0.3 is 106 Å². The minimum absolute atomic E-state index is 0.00293. The lowest BCUT2D eigenvalue weighted by Gasteiger charge is -2.34. The zero-order valence-electron chi connectivity index (χ0n) is 54.9. The molecule has 0 saturated carbocycles. The molecule has 0 bridgehead atoms. The van der Waals surface area contributed by atoms with E-state index in [1.807, 2.05) is 12.1 Å². The summed E-state index contributed by atoms with van der Waals surface area (Å²) in [6, 6.07) is 4.64. The number of aliphatic hydroxyl groups is 8. The van der Waals surface area contributed by atoms with E-state index < -0.39 is 201 Å². The van der Waals surface area contributed by atoms with Crippen LogP contribution in [0.5, 0.6) is 11.5 Å². The largest absolute Gasteiger partial charge is 0.504 e. The Morgan fingerprint density at radius 2 is 1.37 bits per heavy atom. The van der Waals surface area contributed by atoms with E-state index in [0.717, 1.165) is 98.7 Å². The highest BCUT2D eigenvalue weighted by atomic mass is 32.3. The number of methoxy groups -OCH3 is 1. The van der Waals surface area contributed by atoms with Gasteiger partial charge in [-0.3, -0.25) is 47.2 Å². The monoisotopic (exact) mass is 1430 g/mol. The maximum Gasteiger partial charge on any atom is 0.266 e. The number of piperidine rings is 1. The molecular formula is C64H91N11O22S2. The SMILES string of the molecule is COCCCCOCC1CCN(c2ccc(-c3nnc(-c4ccc(C(=O)NC5C[C@@H](O)CNC(=O)[C@@H]6[C@@H](O)[C@@H](C)CN6C(=O)[C@H]([C@H](O)CCNC(CO)CO)NC(=O)[C@H]([C@H](O)Cc6ccc(O)c(OS(O)(O)O)c6)NC(=O)[C@@H]6C[C@@H](O)CN6C(=O)[C@H]([C@@H](C)O)NC5=O)cc4)s3)cc2)CC1. The Morgan fingerprint density at radius 1 is 0.747 bits per heavy atom. The Balaban J connectivity index is 1.04. The predicted molar refractivity (Wildman–Crippen MR) is 357 cm³/mol. The van der Waals surface area contributed by atoms with Crippen molar-refractivity contribution in [3.8, 4) is 32.6 Å². The Labute approximate surface area is 576 Å². The smallest absolute Gasteiger partial charge is 0.266 e. The molecule has 4 saturated heterocycles. The summed E-state index contributed by atoms with van der Waals surface area (Å²) in [6.45, 7) is 3.53. The van der Waals surface area contributed by atoms with E-state index >= 15 is 0 Å². The van der Waals surface area contributed by atoms with Crippen molar-refractivity contribution in [2.75, 3.05) is 84.3 Å². The molecule has 0 spiro atoms. The van der Waals surface area contributed by atoms with Crippen molar-refractivity contribution in [2.24, 2.45) is 11.8 Å². The van der Waals surface area contributed by atoms with Crippen molar-refractivity contribution < 1.29 is 107 Å². The summed E-state index contributed by atoms with van der Waals surface area (Å²) in [4.78, 5) is 106. The number of phenols is 1. The van der Waals surface area contributed by atoms with Crippen molar-refractivity contribution in [3.63, 3.8) is 0 Å². The summed E-state index contributed by atoms with van der Waals surface area (Å²) in [5.41, 5.74) is 2.46. The van der Waals surface area contributed by atoms with E-state index in [9.17, 15) is 93.2 Å². The fourth-order valence-electron chi connectivity index (χ4n) is 12.3. The van der Waals surface area contributed by atoms with E-state index in [2.05, 4.69) is 63.3 Å². The number of fused-ring (bicyclic) bond motifs is 2. The van der Waals surface area contributed by atoms with Crippen LogP contribution in [0.3, 0.4) is 0 Å². The first-order chi connectivity index (χ1) is 47.2. The normalized spacial score (nSPS) is 25.4. The van der Waals surface area contributed by atoms with Crippen LogP contribution in [0.25, 0.3) is 21.1 Å². The number of phenolic OH excluding ortho intramolecular Hbond substituents is 1. The third-order valence-electron chi connectivity index (χ3n) is 17.9. The summed E-state index contributed by atoms with van der Waals surface area (Å²) in [6.07, 6.45) is -9.10. The third kappa shape index (κ3) is 20.9. The molecule has 8 rings (SSSR count). The first-order valence-corrected chi connectivity index (χ1v) is 34.9. The Morgan fingerprint density at radius 3 is 2.01 bits per heavy atom. The van der Waals surface area contributed by atoms with Crippen LogP contribution in [0, 0.1) is 11.8 Å². The highest BCUT2D eigenvalue weighted by molar-refractivity contribution is 8.15. The zero-order valence-corrected chi connectivity index (χ0v) is 56.6. The van der Waals surface area contributed by atoms with Crippen LogP contribution in [-0.4, -0.2) is 279 Å². The first-order valence-electron chi connectivity index (χ1n) is 32.7. The molecule has 0 aliphatic carbocycles. The summed E-state index contributed by atoms with van der Waals surface area (Å²) in [5.74, 6) is -10.00. The zero-order chi connectivity index (χ0) is 71.8. The van der Waals surface area contributed by atoms with Crippen LogP contribution in [0.2, 0.25) is 0 Å². The number of rotatable bonds is 25. The number of aliphatic hydroxyl groups excluding tert-OH is 8. The van der Waals surface area contributed by atoms with E-state index in [4.69, 9.17) is 9.47 Å². The van der Waals surface area contributed by atoms with Crippen LogP contribution in [0.15, 0.2) is 66.7 Å². The maximum absolute atomic E-state index is 15.0. The standard InChI is InChI=1S/C64H91N11O22S2/c1-34-29-75-54(55(34)84)60(89)66-28-43(79)26-45(67-56(85)38-7-9-39(10-8-38)61-71-72-62(98-61)40-11-13-42(14-12-40)73-20-17-36(18-21-73)33-96-23-5-4-22-95-3)57(86)68-51(35(2)78)63(90)74-30-44(80)27-46(74)58(87)69-52(49(83)24-37-6-15-47(81)50(25-37)97-99(92,93)94)59(88)70-53(64(75)91)48(82)16-19-65-41(31-76)32-77/h6-15,25,34-36,41,43-46,48-49,51-55,65,76-84,92-94H,4-5,16-24,26-33H2,1-3H3,(H,66,89)(H,67,85)(H,68,86)(H,69,87)(H,70,88)/t34-,35+,43+,44+,45?,46-,48+,49+,51-,52-,53-,54-,55-/m0/s1. The van der Waals surface area contributed by atoms with Crippen LogP contribution >= 0.6 is 22.5 Å². The molecule has 18 N–H and O–H groups in total. The molecule has 3 aromatic carbocycles. The van der Waals surface area contributed by atoms with Gasteiger partial charge in [0.2, 0.25) is 35.4 Å². The number of ether oxygens (including phenoxy) is 2. The lowest BCUT2D eigenvalue weighted by molar-refractivity contribution is -0.147. The molecule has 1 aromatic heterocycles. The number of β-amino-alcohol motifs (C(OH)–C–C–N with tert-alkyl or cyclic N) is 1. The molecule has 4 aliphatic rings. The van der Waals surface area contributed by atoms with Crippen LogP contribution in [0.4, 0.5) is 5.69 Å². The number of nitrogens with zero attached hydrogens (tertiary/aromatic N) is 5. The average Bonchev–Trinajstić information content (AvgIpc) is 1.69. The second-order valence-corrected chi connectivity index (χ2v) is 27.5. The first kappa shape index (κ1) is 77.4. The number of amides is 7. The molecule has 546 valence electrons. The van der Waals surface area contributed by atoms with Gasteiger partial charge in [0.25, 0.3) is 17.1 Å². The van der Waals surface area contributed by atoms with Gasteiger partial charge in [-0.15, -0.1) is 10.2 Å². The maximum atomic E-state index is 15.0. The fourth-order valence-corrected chi connectivity index (χ4v) is 13.5. The second-order valence-electron chi connectivity index (χ2n) is 25.4. The van der Waals surface area contributed by atoms with Crippen molar-refractivity contribution in [2.45, 2.75) is 144 Å². The lowest BCUT2D eigenvalue weighted by Crippen LogP contribution is -2.64. The number of nitrogens with one attached hydrogen (secondary N) is 6.